The monoisotopic (exact) mass is 296 g/mol. The van der Waals surface area contributed by atoms with Crippen molar-refractivity contribution in [2.75, 3.05) is 39.5 Å². The highest BCUT2D eigenvalue weighted by atomic mass is 16.5. The Kier molecular flexibility index (Phi) is 8.57. The Labute approximate surface area is 125 Å². The van der Waals surface area contributed by atoms with E-state index in [1.54, 1.807) is 6.07 Å². The second-order valence-corrected chi connectivity index (χ2v) is 4.52. The molecule has 1 aromatic rings. The van der Waals surface area contributed by atoms with E-state index in [1.165, 1.54) is 6.20 Å². The topological polar surface area (TPSA) is 71.9 Å². The van der Waals surface area contributed by atoms with Gasteiger partial charge >= 0.3 is 5.97 Å². The third kappa shape index (κ3) is 7.17. The summed E-state index contributed by atoms with van der Waals surface area (Å²) in [5, 5.41) is 8.97. The van der Waals surface area contributed by atoms with Crippen molar-refractivity contribution in [3.05, 3.63) is 29.6 Å². The Balaban J connectivity index is 2.60. The third-order valence-corrected chi connectivity index (χ3v) is 2.96. The largest absolute Gasteiger partial charge is 0.477 e. The fourth-order valence-electron chi connectivity index (χ4n) is 1.89. The Bertz CT molecular complexity index is 416. The first-order valence-corrected chi connectivity index (χ1v) is 7.23. The standard InChI is InChI=1S/C15H24N2O4/c1-3-20-9-7-17(8-10-21-4-2)12-13-5-6-16-14(11-13)15(18)19/h5-6,11H,3-4,7-10,12H2,1-2H3,(H,18,19). The quantitative estimate of drug-likeness (QED) is 0.626. The fraction of sp³-hybridized carbons (Fsp3) is 0.600. The Morgan fingerprint density at radius 3 is 2.38 bits per heavy atom. The van der Waals surface area contributed by atoms with Crippen molar-refractivity contribution in [2.45, 2.75) is 20.4 Å². The van der Waals surface area contributed by atoms with Crippen LogP contribution in [0.1, 0.15) is 29.9 Å². The molecule has 118 valence electrons. The molecule has 0 saturated heterocycles. The molecule has 0 atom stereocenters. The lowest BCUT2D eigenvalue weighted by atomic mass is 10.2. The summed E-state index contributed by atoms with van der Waals surface area (Å²) in [7, 11) is 0. The predicted molar refractivity (Wildman–Crippen MR) is 79.5 cm³/mol. The fourth-order valence-corrected chi connectivity index (χ4v) is 1.89. The number of ether oxygens (including phenoxy) is 2. The first-order valence-electron chi connectivity index (χ1n) is 7.23. The van der Waals surface area contributed by atoms with E-state index in [4.69, 9.17) is 14.6 Å². The summed E-state index contributed by atoms with van der Waals surface area (Å²) in [5.41, 5.74) is 0.998. The van der Waals surface area contributed by atoms with Gasteiger partial charge in [-0.25, -0.2) is 9.78 Å². The lowest BCUT2D eigenvalue weighted by molar-refractivity contribution is 0.0688. The van der Waals surface area contributed by atoms with Crippen LogP contribution in [0.3, 0.4) is 0 Å². The molecule has 6 heteroatoms. The second-order valence-electron chi connectivity index (χ2n) is 4.52. The molecule has 6 nitrogen and oxygen atoms in total. The summed E-state index contributed by atoms with van der Waals surface area (Å²) in [6.45, 7) is 8.84. The van der Waals surface area contributed by atoms with Crippen molar-refractivity contribution in [3.8, 4) is 0 Å². The normalized spacial score (nSPS) is 11.0. The molecular weight excluding hydrogens is 272 g/mol. The van der Waals surface area contributed by atoms with Gasteiger partial charge in [0.2, 0.25) is 0 Å². The molecule has 0 aliphatic carbocycles. The predicted octanol–water partition coefficient (Wildman–Crippen LogP) is 1.65. The van der Waals surface area contributed by atoms with Crippen LogP contribution in [0.4, 0.5) is 0 Å². The molecule has 0 fully saturated rings. The minimum atomic E-state index is -1.01. The van der Waals surface area contributed by atoms with E-state index in [0.29, 0.717) is 33.0 Å². The van der Waals surface area contributed by atoms with Crippen molar-refractivity contribution in [2.24, 2.45) is 0 Å². The van der Waals surface area contributed by atoms with Crippen LogP contribution in [0.25, 0.3) is 0 Å². The minimum absolute atomic E-state index is 0.0714. The second kappa shape index (κ2) is 10.3. The number of nitrogens with zero attached hydrogens (tertiary/aromatic N) is 2. The van der Waals surface area contributed by atoms with Gasteiger partial charge in [-0.05, 0) is 31.5 Å². The third-order valence-electron chi connectivity index (χ3n) is 2.96. The van der Waals surface area contributed by atoms with E-state index in [-0.39, 0.29) is 5.69 Å². The van der Waals surface area contributed by atoms with E-state index in [9.17, 15) is 4.79 Å². The van der Waals surface area contributed by atoms with Crippen LogP contribution in [-0.2, 0) is 16.0 Å². The van der Waals surface area contributed by atoms with Crippen LogP contribution in [0.5, 0.6) is 0 Å². The molecule has 0 amide bonds. The van der Waals surface area contributed by atoms with Gasteiger partial charge in [0.15, 0.2) is 0 Å². The van der Waals surface area contributed by atoms with Crippen LogP contribution >= 0.6 is 0 Å². The van der Waals surface area contributed by atoms with Crippen LogP contribution < -0.4 is 0 Å². The van der Waals surface area contributed by atoms with Gasteiger partial charge in [-0.15, -0.1) is 0 Å². The van der Waals surface area contributed by atoms with Gasteiger partial charge in [0, 0.05) is 39.0 Å². The molecule has 0 radical (unpaired) electrons. The highest BCUT2D eigenvalue weighted by Gasteiger charge is 2.09. The average molecular weight is 296 g/mol. The van der Waals surface area contributed by atoms with Crippen LogP contribution in [0.2, 0.25) is 0 Å². The highest BCUT2D eigenvalue weighted by Crippen LogP contribution is 2.06. The lowest BCUT2D eigenvalue weighted by Crippen LogP contribution is -2.30. The summed E-state index contributed by atoms with van der Waals surface area (Å²) >= 11 is 0. The molecule has 21 heavy (non-hydrogen) atoms. The Hall–Kier alpha value is -1.50. The number of aromatic carboxylic acids is 1. The zero-order valence-corrected chi connectivity index (χ0v) is 12.7. The highest BCUT2D eigenvalue weighted by molar-refractivity contribution is 5.85. The maximum Gasteiger partial charge on any atom is 0.354 e. The van der Waals surface area contributed by atoms with E-state index >= 15 is 0 Å². The maximum absolute atomic E-state index is 10.9. The number of carbonyl (C=O) groups is 1. The van der Waals surface area contributed by atoms with Gasteiger partial charge in [-0.3, -0.25) is 4.90 Å². The molecule has 0 spiro atoms. The number of carboxylic acids is 1. The number of carboxylic acid groups (broad SMARTS) is 1. The molecule has 0 aliphatic heterocycles. The molecular formula is C15H24N2O4. The maximum atomic E-state index is 10.9. The minimum Gasteiger partial charge on any atom is -0.477 e. The Morgan fingerprint density at radius 2 is 1.86 bits per heavy atom. The molecule has 0 unspecified atom stereocenters. The molecule has 0 aliphatic rings. The van der Waals surface area contributed by atoms with Gasteiger partial charge in [-0.2, -0.15) is 0 Å². The van der Waals surface area contributed by atoms with Gasteiger partial charge in [0.05, 0.1) is 13.2 Å². The molecule has 0 bridgehead atoms. The van der Waals surface area contributed by atoms with E-state index in [2.05, 4.69) is 9.88 Å². The lowest BCUT2D eigenvalue weighted by Gasteiger charge is -2.22. The van der Waals surface area contributed by atoms with E-state index in [1.807, 2.05) is 19.9 Å². The number of pyridine rings is 1. The average Bonchev–Trinajstić information content (AvgIpc) is 2.48. The van der Waals surface area contributed by atoms with Gasteiger partial charge in [-0.1, -0.05) is 0 Å². The first kappa shape index (κ1) is 17.6. The summed E-state index contributed by atoms with van der Waals surface area (Å²) in [5.74, 6) is -1.01. The number of rotatable bonds is 11. The molecule has 1 rings (SSSR count). The van der Waals surface area contributed by atoms with E-state index in [0.717, 1.165) is 18.7 Å². The zero-order chi connectivity index (χ0) is 15.5. The number of aromatic nitrogens is 1. The van der Waals surface area contributed by atoms with Crippen LogP contribution in [-0.4, -0.2) is 60.5 Å². The van der Waals surface area contributed by atoms with Crippen molar-refractivity contribution in [1.82, 2.24) is 9.88 Å². The number of hydrogen-bond donors (Lipinski definition) is 1. The molecule has 1 N–H and O–H groups in total. The molecule has 0 aromatic carbocycles. The van der Waals surface area contributed by atoms with Gasteiger partial charge < -0.3 is 14.6 Å². The van der Waals surface area contributed by atoms with Crippen molar-refractivity contribution < 1.29 is 19.4 Å². The molecule has 1 heterocycles. The Morgan fingerprint density at radius 1 is 1.24 bits per heavy atom. The summed E-state index contributed by atoms with van der Waals surface area (Å²) in [6.07, 6.45) is 1.53. The van der Waals surface area contributed by atoms with Gasteiger partial charge in [0.1, 0.15) is 5.69 Å². The summed E-state index contributed by atoms with van der Waals surface area (Å²) < 4.78 is 10.8. The SMILES string of the molecule is CCOCCN(CCOCC)Cc1ccnc(C(=O)O)c1. The van der Waals surface area contributed by atoms with Crippen LogP contribution in [0.15, 0.2) is 18.3 Å². The zero-order valence-electron chi connectivity index (χ0n) is 12.7. The van der Waals surface area contributed by atoms with Crippen LogP contribution in [0, 0.1) is 0 Å². The number of hydrogen-bond acceptors (Lipinski definition) is 5. The summed E-state index contributed by atoms with van der Waals surface area (Å²) in [4.78, 5) is 17.0. The van der Waals surface area contributed by atoms with Crippen molar-refractivity contribution in [3.63, 3.8) is 0 Å². The van der Waals surface area contributed by atoms with Crippen molar-refractivity contribution in [1.29, 1.82) is 0 Å². The molecule has 1 aromatic heterocycles. The van der Waals surface area contributed by atoms with E-state index < -0.39 is 5.97 Å². The molecule has 0 saturated carbocycles. The smallest absolute Gasteiger partial charge is 0.354 e. The first-order chi connectivity index (χ1) is 10.2. The van der Waals surface area contributed by atoms with Crippen molar-refractivity contribution >= 4 is 5.97 Å². The summed E-state index contributed by atoms with van der Waals surface area (Å²) in [6, 6.07) is 3.44. The van der Waals surface area contributed by atoms with Gasteiger partial charge in [0.25, 0.3) is 0 Å².